The molecule has 0 N–H and O–H groups in total. The van der Waals surface area contributed by atoms with Gasteiger partial charge in [0.15, 0.2) is 0 Å². The summed E-state index contributed by atoms with van der Waals surface area (Å²) in [6.45, 7) is 8.79. The maximum Gasteiger partial charge on any atom is 0.418 e. The zero-order chi connectivity index (χ0) is 11.1. The van der Waals surface area contributed by atoms with Gasteiger partial charge >= 0.3 is 6.09 Å². The average molecular weight is 193 g/mol. The monoisotopic (exact) mass is 193 g/mol. The second-order valence-electron chi connectivity index (χ2n) is 2.90. The molecule has 14 heavy (non-hydrogen) atoms. The van der Waals surface area contributed by atoms with Crippen molar-refractivity contribution >= 4 is 6.09 Å². The van der Waals surface area contributed by atoms with Crippen molar-refractivity contribution in [3.05, 3.63) is 24.6 Å². The van der Waals surface area contributed by atoms with Gasteiger partial charge in [-0.05, 0) is 13.3 Å². The minimum atomic E-state index is -0.487. The number of hydrogen-bond donors (Lipinski definition) is 0. The fraction of sp³-hybridized carbons (Fsp3) is 0.364. The van der Waals surface area contributed by atoms with Crippen molar-refractivity contribution in [3.63, 3.8) is 0 Å². The summed E-state index contributed by atoms with van der Waals surface area (Å²) >= 11 is 0. The molecule has 0 spiro atoms. The minimum Gasteiger partial charge on any atom is -0.415 e. The van der Waals surface area contributed by atoms with Crippen LogP contribution in [-0.2, 0) is 4.74 Å². The lowest BCUT2D eigenvalue weighted by Crippen LogP contribution is -2.25. The number of allylic oxidation sites excluding steroid dienone is 2. The van der Waals surface area contributed by atoms with Crippen LogP contribution in [0, 0.1) is 12.3 Å². The van der Waals surface area contributed by atoms with Crippen LogP contribution in [0.25, 0.3) is 0 Å². The molecule has 0 bridgehead atoms. The second kappa shape index (κ2) is 5.87. The molecule has 0 aromatic heterocycles. The number of carbonyl (C=O) groups excluding carboxylic acids is 1. The Balaban J connectivity index is 4.12. The lowest BCUT2D eigenvalue weighted by molar-refractivity contribution is 0.148. The van der Waals surface area contributed by atoms with Crippen molar-refractivity contribution in [3.8, 4) is 12.3 Å². The number of rotatable bonds is 4. The molecule has 0 aliphatic carbocycles. The highest BCUT2D eigenvalue weighted by atomic mass is 16.6. The maximum atomic E-state index is 11.3. The molecule has 76 valence electrons. The molecule has 0 aromatic carbocycles. The first-order valence-electron chi connectivity index (χ1n) is 4.21. The topological polar surface area (TPSA) is 29.5 Å². The Labute approximate surface area is 85.0 Å². The van der Waals surface area contributed by atoms with Crippen LogP contribution >= 0.6 is 0 Å². The summed E-state index contributed by atoms with van der Waals surface area (Å²) in [6, 6.07) is 0. The zero-order valence-electron chi connectivity index (χ0n) is 8.67. The Morgan fingerprint density at radius 3 is 2.57 bits per heavy atom. The highest BCUT2D eigenvalue weighted by Gasteiger charge is 2.12. The standard InChI is InChI=1S/C11H15NO2/c1-6-7-8-10(4)12(5)11(13)14-9(2)3/h1H,2,4,7-8H2,3,5H3. The summed E-state index contributed by atoms with van der Waals surface area (Å²) in [5, 5.41) is 0. The van der Waals surface area contributed by atoms with E-state index in [1.165, 1.54) is 4.90 Å². The quantitative estimate of drug-likeness (QED) is 0.507. The Bertz CT molecular complexity index is 286. The third-order valence-electron chi connectivity index (χ3n) is 1.57. The Kier molecular flexibility index (Phi) is 5.16. The molecule has 1 amide bonds. The van der Waals surface area contributed by atoms with Crippen LogP contribution < -0.4 is 0 Å². The van der Waals surface area contributed by atoms with E-state index in [0.29, 0.717) is 24.3 Å². The largest absolute Gasteiger partial charge is 0.418 e. The van der Waals surface area contributed by atoms with E-state index in [2.05, 4.69) is 19.1 Å². The number of hydrogen-bond acceptors (Lipinski definition) is 2. The Hall–Kier alpha value is -1.69. The normalized spacial score (nSPS) is 8.64. The summed E-state index contributed by atoms with van der Waals surface area (Å²) in [7, 11) is 1.59. The molecule has 3 heteroatoms. The van der Waals surface area contributed by atoms with Crippen LogP contribution in [0.2, 0.25) is 0 Å². The maximum absolute atomic E-state index is 11.3. The zero-order valence-corrected chi connectivity index (χ0v) is 8.67. The SMILES string of the molecule is C#CCCC(=C)N(C)C(=O)OC(=C)C. The highest BCUT2D eigenvalue weighted by Crippen LogP contribution is 2.09. The molecule has 0 saturated carbocycles. The van der Waals surface area contributed by atoms with Crippen LogP contribution in [0.1, 0.15) is 19.8 Å². The van der Waals surface area contributed by atoms with Gasteiger partial charge in [0.05, 0.1) is 5.76 Å². The predicted molar refractivity (Wildman–Crippen MR) is 56.3 cm³/mol. The van der Waals surface area contributed by atoms with Gasteiger partial charge < -0.3 is 4.74 Å². The van der Waals surface area contributed by atoms with Crippen LogP contribution in [0.3, 0.4) is 0 Å². The molecule has 0 radical (unpaired) electrons. The van der Waals surface area contributed by atoms with Gasteiger partial charge in [0.1, 0.15) is 0 Å². The molecule has 0 aromatic rings. The van der Waals surface area contributed by atoms with Crippen molar-refractivity contribution in [2.24, 2.45) is 0 Å². The molecule has 0 aliphatic heterocycles. The van der Waals surface area contributed by atoms with E-state index in [-0.39, 0.29) is 0 Å². The molecule has 0 fully saturated rings. The number of nitrogens with zero attached hydrogens (tertiary/aromatic N) is 1. The van der Waals surface area contributed by atoms with E-state index in [0.717, 1.165) is 0 Å². The summed E-state index contributed by atoms with van der Waals surface area (Å²) in [5.41, 5.74) is 0.634. The molecule has 3 nitrogen and oxygen atoms in total. The number of carbonyl (C=O) groups is 1. The first kappa shape index (κ1) is 12.3. The lowest BCUT2D eigenvalue weighted by Gasteiger charge is -2.18. The van der Waals surface area contributed by atoms with E-state index in [1.807, 2.05) is 0 Å². The average Bonchev–Trinajstić information content (AvgIpc) is 2.11. The lowest BCUT2D eigenvalue weighted by atomic mass is 10.2. The molecule has 0 unspecified atom stereocenters. The molecule has 0 atom stereocenters. The first-order valence-corrected chi connectivity index (χ1v) is 4.21. The summed E-state index contributed by atoms with van der Waals surface area (Å²) < 4.78 is 4.79. The first-order chi connectivity index (χ1) is 6.49. The van der Waals surface area contributed by atoms with Crippen LogP contribution in [-0.4, -0.2) is 18.0 Å². The molecule has 0 rings (SSSR count). The highest BCUT2D eigenvalue weighted by molar-refractivity contribution is 5.70. The number of amides is 1. The van der Waals surface area contributed by atoms with Crippen LogP contribution in [0.5, 0.6) is 0 Å². The summed E-state index contributed by atoms with van der Waals surface area (Å²) in [6.07, 6.45) is 5.75. The number of ether oxygens (including phenoxy) is 1. The molecular weight excluding hydrogens is 178 g/mol. The number of terminal acetylenes is 1. The van der Waals surface area contributed by atoms with Gasteiger partial charge in [-0.3, -0.25) is 4.90 Å². The third-order valence-corrected chi connectivity index (χ3v) is 1.57. The molecule has 0 heterocycles. The van der Waals surface area contributed by atoms with Crippen LogP contribution in [0.15, 0.2) is 24.6 Å². The van der Waals surface area contributed by atoms with Gasteiger partial charge in [0.2, 0.25) is 0 Å². The van der Waals surface area contributed by atoms with E-state index >= 15 is 0 Å². The van der Waals surface area contributed by atoms with E-state index in [4.69, 9.17) is 11.2 Å². The van der Waals surface area contributed by atoms with Gasteiger partial charge in [-0.2, -0.15) is 0 Å². The minimum absolute atomic E-state index is 0.353. The molecule has 0 saturated heterocycles. The van der Waals surface area contributed by atoms with E-state index in [1.54, 1.807) is 14.0 Å². The van der Waals surface area contributed by atoms with Gasteiger partial charge in [-0.1, -0.05) is 13.2 Å². The second-order valence-corrected chi connectivity index (χ2v) is 2.90. The fourth-order valence-corrected chi connectivity index (χ4v) is 0.731. The Morgan fingerprint density at radius 1 is 1.57 bits per heavy atom. The third kappa shape index (κ3) is 4.36. The van der Waals surface area contributed by atoms with Crippen molar-refractivity contribution in [2.75, 3.05) is 7.05 Å². The van der Waals surface area contributed by atoms with Crippen molar-refractivity contribution in [1.82, 2.24) is 4.90 Å². The van der Waals surface area contributed by atoms with Gasteiger partial charge in [0.25, 0.3) is 0 Å². The summed E-state index contributed by atoms with van der Waals surface area (Å²) in [5.74, 6) is 2.83. The van der Waals surface area contributed by atoms with Crippen LogP contribution in [0.4, 0.5) is 4.79 Å². The van der Waals surface area contributed by atoms with Crippen molar-refractivity contribution in [1.29, 1.82) is 0 Å². The van der Waals surface area contributed by atoms with Gasteiger partial charge in [-0.15, -0.1) is 12.3 Å². The van der Waals surface area contributed by atoms with Gasteiger partial charge in [-0.25, -0.2) is 4.79 Å². The molecule has 0 aliphatic rings. The summed E-state index contributed by atoms with van der Waals surface area (Å²) in [4.78, 5) is 12.6. The smallest absolute Gasteiger partial charge is 0.415 e. The molecular formula is C11H15NO2. The predicted octanol–water partition coefficient (Wildman–Crippen LogP) is 2.52. The fourth-order valence-electron chi connectivity index (χ4n) is 0.731. The van der Waals surface area contributed by atoms with E-state index in [9.17, 15) is 4.79 Å². The van der Waals surface area contributed by atoms with Crippen molar-refractivity contribution < 1.29 is 9.53 Å². The van der Waals surface area contributed by atoms with Gasteiger partial charge in [0, 0.05) is 19.2 Å². The van der Waals surface area contributed by atoms with E-state index < -0.39 is 6.09 Å². The van der Waals surface area contributed by atoms with Crippen molar-refractivity contribution in [2.45, 2.75) is 19.8 Å². The Morgan fingerprint density at radius 2 is 2.14 bits per heavy atom.